The predicted octanol–water partition coefficient (Wildman–Crippen LogP) is 0.867. The van der Waals surface area contributed by atoms with Crippen LogP contribution in [0.25, 0.3) is 0 Å². The van der Waals surface area contributed by atoms with Crippen molar-refractivity contribution < 1.29 is 8.42 Å². The van der Waals surface area contributed by atoms with E-state index in [1.54, 1.807) is 6.92 Å². The first kappa shape index (κ1) is 12.9. The molecule has 0 aliphatic carbocycles. The van der Waals surface area contributed by atoms with Crippen molar-refractivity contribution in [3.05, 3.63) is 0 Å². The van der Waals surface area contributed by atoms with Crippen LogP contribution in [0.3, 0.4) is 0 Å². The van der Waals surface area contributed by atoms with Gasteiger partial charge in [0.15, 0.2) is 0 Å². The molecule has 1 aliphatic rings. The van der Waals surface area contributed by atoms with E-state index in [0.29, 0.717) is 13.1 Å². The Balaban J connectivity index is 2.79. The van der Waals surface area contributed by atoms with E-state index in [4.69, 9.17) is 18.0 Å². The summed E-state index contributed by atoms with van der Waals surface area (Å²) in [6.45, 7) is 2.77. The average molecular weight is 250 g/mol. The first-order valence-corrected chi connectivity index (χ1v) is 7.15. The molecule has 0 saturated carbocycles. The van der Waals surface area contributed by atoms with Gasteiger partial charge in [0.2, 0.25) is 10.0 Å². The Kier molecular flexibility index (Phi) is 4.48. The third-order valence-electron chi connectivity index (χ3n) is 2.77. The lowest BCUT2D eigenvalue weighted by molar-refractivity contribution is 0.422. The largest absolute Gasteiger partial charge is 0.392 e. The second kappa shape index (κ2) is 5.23. The molecule has 1 heterocycles. The highest BCUT2D eigenvalue weighted by Crippen LogP contribution is 2.16. The van der Waals surface area contributed by atoms with Crippen molar-refractivity contribution >= 4 is 27.2 Å². The molecule has 6 heteroatoms. The van der Waals surface area contributed by atoms with Crippen LogP contribution in [0.4, 0.5) is 0 Å². The summed E-state index contributed by atoms with van der Waals surface area (Å²) < 4.78 is 25.6. The minimum atomic E-state index is -3.32. The van der Waals surface area contributed by atoms with Gasteiger partial charge in [0.25, 0.3) is 0 Å². The Labute approximate surface area is 96.9 Å². The molecule has 0 aromatic rings. The van der Waals surface area contributed by atoms with Crippen LogP contribution in [-0.2, 0) is 10.0 Å². The zero-order valence-electron chi connectivity index (χ0n) is 8.98. The van der Waals surface area contributed by atoms with E-state index in [2.05, 4.69) is 0 Å². The van der Waals surface area contributed by atoms with Crippen molar-refractivity contribution in [1.82, 2.24) is 4.31 Å². The quantitative estimate of drug-likeness (QED) is 0.755. The minimum Gasteiger partial charge on any atom is -0.392 e. The summed E-state index contributed by atoms with van der Waals surface area (Å²) in [7, 11) is -3.32. The van der Waals surface area contributed by atoms with E-state index in [1.807, 2.05) is 0 Å². The third kappa shape index (κ3) is 3.12. The van der Waals surface area contributed by atoms with Crippen LogP contribution in [-0.4, -0.2) is 36.1 Å². The SMILES string of the molecule is CC(C(N)=S)S(=O)(=O)N1CCCCCC1. The van der Waals surface area contributed by atoms with Gasteiger partial charge in [-0.2, -0.15) is 0 Å². The molecule has 0 aromatic heterocycles. The summed E-state index contributed by atoms with van der Waals surface area (Å²) in [5.41, 5.74) is 5.39. The van der Waals surface area contributed by atoms with E-state index >= 15 is 0 Å². The molecule has 1 atom stereocenters. The van der Waals surface area contributed by atoms with Gasteiger partial charge in [-0.3, -0.25) is 0 Å². The number of thiocarbonyl (C=S) groups is 1. The number of nitrogens with two attached hydrogens (primary N) is 1. The second-order valence-electron chi connectivity index (χ2n) is 3.90. The zero-order chi connectivity index (χ0) is 11.5. The fraction of sp³-hybridized carbons (Fsp3) is 0.889. The summed E-state index contributed by atoms with van der Waals surface area (Å²) in [4.78, 5) is 0.0549. The third-order valence-corrected chi connectivity index (χ3v) is 5.51. The molecule has 1 rings (SSSR count). The first-order chi connectivity index (χ1) is 6.96. The molecule has 1 saturated heterocycles. The minimum absolute atomic E-state index is 0.0549. The van der Waals surface area contributed by atoms with E-state index in [0.717, 1.165) is 25.7 Å². The molecule has 0 amide bonds. The van der Waals surface area contributed by atoms with Crippen molar-refractivity contribution in [2.24, 2.45) is 5.73 Å². The number of sulfonamides is 1. The molecule has 15 heavy (non-hydrogen) atoms. The molecule has 2 N–H and O–H groups in total. The fourth-order valence-corrected chi connectivity index (χ4v) is 3.54. The van der Waals surface area contributed by atoms with Crippen molar-refractivity contribution in [3.8, 4) is 0 Å². The Bertz CT molecular complexity index is 319. The number of nitrogens with zero attached hydrogens (tertiary/aromatic N) is 1. The van der Waals surface area contributed by atoms with Gasteiger partial charge in [-0.05, 0) is 19.8 Å². The normalized spacial score (nSPS) is 21.9. The Hall–Kier alpha value is -0.200. The summed E-state index contributed by atoms with van der Waals surface area (Å²) in [6.07, 6.45) is 4.08. The van der Waals surface area contributed by atoms with Crippen molar-refractivity contribution in [3.63, 3.8) is 0 Å². The highest BCUT2D eigenvalue weighted by atomic mass is 32.2. The average Bonchev–Trinajstić information content (AvgIpc) is 2.44. The number of rotatable bonds is 3. The Morgan fingerprint density at radius 3 is 2.13 bits per heavy atom. The van der Waals surface area contributed by atoms with Crippen LogP contribution < -0.4 is 5.73 Å². The van der Waals surface area contributed by atoms with E-state index in [1.165, 1.54) is 4.31 Å². The van der Waals surface area contributed by atoms with Gasteiger partial charge in [0, 0.05) is 13.1 Å². The summed E-state index contributed by atoms with van der Waals surface area (Å²) in [5.74, 6) is 0. The highest BCUT2D eigenvalue weighted by Gasteiger charge is 2.30. The van der Waals surface area contributed by atoms with Crippen LogP contribution in [0.1, 0.15) is 32.6 Å². The molecular weight excluding hydrogens is 232 g/mol. The van der Waals surface area contributed by atoms with Crippen LogP contribution in [0, 0.1) is 0 Å². The summed E-state index contributed by atoms with van der Waals surface area (Å²) in [5, 5.41) is -0.745. The number of hydrogen-bond acceptors (Lipinski definition) is 3. The Morgan fingerprint density at radius 2 is 1.73 bits per heavy atom. The van der Waals surface area contributed by atoms with E-state index in [-0.39, 0.29) is 4.99 Å². The maximum absolute atomic E-state index is 12.0. The fourth-order valence-electron chi connectivity index (χ4n) is 1.67. The molecule has 0 aromatic carbocycles. The van der Waals surface area contributed by atoms with Gasteiger partial charge in [0.05, 0.1) is 4.99 Å². The van der Waals surface area contributed by atoms with Crippen molar-refractivity contribution in [2.45, 2.75) is 37.9 Å². The lowest BCUT2D eigenvalue weighted by Crippen LogP contribution is -2.43. The van der Waals surface area contributed by atoms with Crippen molar-refractivity contribution in [1.29, 1.82) is 0 Å². The Morgan fingerprint density at radius 1 is 1.27 bits per heavy atom. The lowest BCUT2D eigenvalue weighted by atomic mass is 10.2. The molecule has 0 bridgehead atoms. The van der Waals surface area contributed by atoms with Crippen LogP contribution in [0.15, 0.2) is 0 Å². The summed E-state index contributed by atoms with van der Waals surface area (Å²) >= 11 is 4.74. The van der Waals surface area contributed by atoms with Gasteiger partial charge >= 0.3 is 0 Å². The van der Waals surface area contributed by atoms with Gasteiger partial charge in [-0.15, -0.1) is 0 Å². The smallest absolute Gasteiger partial charge is 0.223 e. The van der Waals surface area contributed by atoms with E-state index in [9.17, 15) is 8.42 Å². The van der Waals surface area contributed by atoms with Crippen LogP contribution in [0.2, 0.25) is 0 Å². The van der Waals surface area contributed by atoms with Crippen LogP contribution >= 0.6 is 12.2 Å². The molecule has 88 valence electrons. The molecule has 1 fully saturated rings. The monoisotopic (exact) mass is 250 g/mol. The van der Waals surface area contributed by atoms with E-state index < -0.39 is 15.3 Å². The first-order valence-electron chi connectivity index (χ1n) is 5.24. The lowest BCUT2D eigenvalue weighted by Gasteiger charge is -2.23. The maximum Gasteiger partial charge on any atom is 0.223 e. The maximum atomic E-state index is 12.0. The standard InChI is InChI=1S/C9H18N2O2S2/c1-8(9(10)14)15(12,13)11-6-4-2-3-5-7-11/h8H,2-7H2,1H3,(H2,10,14). The van der Waals surface area contributed by atoms with Gasteiger partial charge in [-0.25, -0.2) is 12.7 Å². The molecular formula is C9H18N2O2S2. The van der Waals surface area contributed by atoms with Crippen LogP contribution in [0.5, 0.6) is 0 Å². The van der Waals surface area contributed by atoms with Gasteiger partial charge in [0.1, 0.15) is 5.25 Å². The molecule has 0 radical (unpaired) electrons. The molecule has 0 spiro atoms. The number of hydrogen-bond donors (Lipinski definition) is 1. The van der Waals surface area contributed by atoms with Crippen molar-refractivity contribution in [2.75, 3.05) is 13.1 Å². The van der Waals surface area contributed by atoms with Gasteiger partial charge < -0.3 is 5.73 Å². The molecule has 1 aliphatic heterocycles. The highest BCUT2D eigenvalue weighted by molar-refractivity contribution is 7.92. The van der Waals surface area contributed by atoms with Gasteiger partial charge in [-0.1, -0.05) is 25.1 Å². The topological polar surface area (TPSA) is 63.4 Å². The zero-order valence-corrected chi connectivity index (χ0v) is 10.6. The molecule has 4 nitrogen and oxygen atoms in total. The molecule has 1 unspecified atom stereocenters. The second-order valence-corrected chi connectivity index (χ2v) is 6.63. The predicted molar refractivity (Wildman–Crippen MR) is 65.2 cm³/mol. The summed E-state index contributed by atoms with van der Waals surface area (Å²) in [6, 6.07) is 0.